The number of carbonyl (C=O) groups is 2. The SMILES string of the molecule is CC(C)(C)OC(=O)CCC(=O)c1c(Cl)cccc1Cl. The van der Waals surface area contributed by atoms with E-state index in [-0.39, 0.29) is 24.2 Å². The van der Waals surface area contributed by atoms with Crippen molar-refractivity contribution in [2.45, 2.75) is 39.2 Å². The molecular weight excluding hydrogens is 287 g/mol. The Morgan fingerprint density at radius 2 is 1.63 bits per heavy atom. The summed E-state index contributed by atoms with van der Waals surface area (Å²) < 4.78 is 5.13. The monoisotopic (exact) mass is 302 g/mol. The van der Waals surface area contributed by atoms with Gasteiger partial charge in [0.15, 0.2) is 5.78 Å². The van der Waals surface area contributed by atoms with Gasteiger partial charge in [-0.15, -0.1) is 0 Å². The zero-order valence-corrected chi connectivity index (χ0v) is 12.6. The summed E-state index contributed by atoms with van der Waals surface area (Å²) in [6.07, 6.45) is 0.0377. The summed E-state index contributed by atoms with van der Waals surface area (Å²) in [5.74, 6) is -0.675. The highest BCUT2D eigenvalue weighted by atomic mass is 35.5. The van der Waals surface area contributed by atoms with Crippen LogP contribution in [0.2, 0.25) is 10.0 Å². The minimum atomic E-state index is -0.553. The number of ketones is 1. The van der Waals surface area contributed by atoms with E-state index in [1.165, 1.54) is 0 Å². The lowest BCUT2D eigenvalue weighted by atomic mass is 10.1. The highest BCUT2D eigenvalue weighted by Gasteiger charge is 2.19. The largest absolute Gasteiger partial charge is 0.460 e. The van der Waals surface area contributed by atoms with E-state index < -0.39 is 11.6 Å². The van der Waals surface area contributed by atoms with Gasteiger partial charge < -0.3 is 4.74 Å². The summed E-state index contributed by atoms with van der Waals surface area (Å²) in [7, 11) is 0. The number of ether oxygens (including phenoxy) is 1. The molecule has 0 saturated carbocycles. The predicted octanol–water partition coefficient (Wildman–Crippen LogP) is 4.30. The maximum Gasteiger partial charge on any atom is 0.306 e. The fourth-order valence-corrected chi connectivity index (χ4v) is 2.11. The quantitative estimate of drug-likeness (QED) is 0.615. The first kappa shape index (κ1) is 16.0. The molecule has 5 heteroatoms. The first-order valence-electron chi connectivity index (χ1n) is 5.90. The smallest absolute Gasteiger partial charge is 0.306 e. The van der Waals surface area contributed by atoms with Gasteiger partial charge in [-0.25, -0.2) is 0 Å². The fourth-order valence-electron chi connectivity index (χ4n) is 1.50. The van der Waals surface area contributed by atoms with Gasteiger partial charge in [-0.3, -0.25) is 9.59 Å². The molecule has 0 spiro atoms. The predicted molar refractivity (Wildman–Crippen MR) is 75.9 cm³/mol. The van der Waals surface area contributed by atoms with Gasteiger partial charge in [-0.2, -0.15) is 0 Å². The van der Waals surface area contributed by atoms with Gasteiger partial charge in [-0.05, 0) is 32.9 Å². The molecule has 0 saturated heterocycles. The summed E-state index contributed by atoms with van der Waals surface area (Å²) in [5.41, 5.74) is -0.295. The van der Waals surface area contributed by atoms with Crippen LogP contribution in [0.4, 0.5) is 0 Å². The molecule has 0 bridgehead atoms. The fraction of sp³-hybridized carbons (Fsp3) is 0.429. The van der Waals surface area contributed by atoms with Crippen LogP contribution in [0.1, 0.15) is 44.0 Å². The number of carbonyl (C=O) groups excluding carboxylic acids is 2. The third-order valence-corrected chi connectivity index (χ3v) is 2.85. The van der Waals surface area contributed by atoms with Crippen LogP contribution in [0.25, 0.3) is 0 Å². The van der Waals surface area contributed by atoms with Crippen molar-refractivity contribution in [3.8, 4) is 0 Å². The Labute approximate surface area is 122 Å². The van der Waals surface area contributed by atoms with Crippen LogP contribution in [0, 0.1) is 0 Å². The normalized spacial score (nSPS) is 11.2. The van der Waals surface area contributed by atoms with Gasteiger partial charge in [0.05, 0.1) is 22.0 Å². The Kier molecular flexibility index (Phi) is 5.39. The van der Waals surface area contributed by atoms with Crippen molar-refractivity contribution in [2.75, 3.05) is 0 Å². The molecule has 1 aromatic rings. The average molecular weight is 303 g/mol. The van der Waals surface area contributed by atoms with Gasteiger partial charge in [0, 0.05) is 6.42 Å². The molecule has 104 valence electrons. The van der Waals surface area contributed by atoms with Crippen molar-refractivity contribution in [2.24, 2.45) is 0 Å². The van der Waals surface area contributed by atoms with Crippen LogP contribution < -0.4 is 0 Å². The lowest BCUT2D eigenvalue weighted by Gasteiger charge is -2.19. The zero-order chi connectivity index (χ0) is 14.6. The molecule has 0 N–H and O–H groups in total. The maximum absolute atomic E-state index is 12.0. The lowest BCUT2D eigenvalue weighted by molar-refractivity contribution is -0.154. The van der Waals surface area contributed by atoms with E-state index in [0.717, 1.165) is 0 Å². The minimum absolute atomic E-state index is 0.0116. The lowest BCUT2D eigenvalue weighted by Crippen LogP contribution is -2.24. The molecule has 0 aromatic heterocycles. The Morgan fingerprint density at radius 1 is 1.11 bits per heavy atom. The Bertz CT molecular complexity index is 470. The van der Waals surface area contributed by atoms with E-state index in [2.05, 4.69) is 0 Å². The molecule has 0 atom stereocenters. The molecule has 1 rings (SSSR count). The Hall–Kier alpha value is -1.06. The number of Topliss-reactive ketones (excluding diaryl/α,β-unsaturated/α-hetero) is 1. The number of hydrogen-bond acceptors (Lipinski definition) is 3. The van der Waals surface area contributed by atoms with Crippen molar-refractivity contribution >= 4 is 35.0 Å². The van der Waals surface area contributed by atoms with Crippen LogP contribution in [0.15, 0.2) is 18.2 Å². The topological polar surface area (TPSA) is 43.4 Å². The number of hydrogen-bond donors (Lipinski definition) is 0. The number of rotatable bonds is 4. The molecular formula is C14H16Cl2O3. The second-order valence-corrected chi connectivity index (χ2v) is 5.92. The summed E-state index contributed by atoms with van der Waals surface area (Å²) >= 11 is 11.8. The Balaban J connectivity index is 2.64. The third kappa shape index (κ3) is 5.21. The molecule has 19 heavy (non-hydrogen) atoms. The second kappa shape index (κ2) is 6.40. The molecule has 0 amide bonds. The van der Waals surface area contributed by atoms with E-state index in [1.807, 2.05) is 0 Å². The van der Waals surface area contributed by atoms with Gasteiger partial charge in [0.1, 0.15) is 5.60 Å². The van der Waals surface area contributed by atoms with Crippen molar-refractivity contribution in [3.63, 3.8) is 0 Å². The summed E-state index contributed by atoms with van der Waals surface area (Å²) in [5, 5.41) is 0.586. The Morgan fingerprint density at radius 3 is 2.11 bits per heavy atom. The van der Waals surface area contributed by atoms with E-state index in [9.17, 15) is 9.59 Å². The third-order valence-electron chi connectivity index (χ3n) is 2.22. The van der Waals surface area contributed by atoms with Gasteiger partial charge in [0.2, 0.25) is 0 Å². The van der Waals surface area contributed by atoms with Crippen LogP contribution in [-0.2, 0) is 9.53 Å². The van der Waals surface area contributed by atoms with E-state index in [1.54, 1.807) is 39.0 Å². The summed E-state index contributed by atoms with van der Waals surface area (Å²) in [6.45, 7) is 5.33. The number of esters is 1. The van der Waals surface area contributed by atoms with Gasteiger partial charge in [-0.1, -0.05) is 29.3 Å². The first-order valence-corrected chi connectivity index (χ1v) is 6.65. The van der Waals surface area contributed by atoms with Crippen molar-refractivity contribution < 1.29 is 14.3 Å². The van der Waals surface area contributed by atoms with E-state index in [0.29, 0.717) is 10.0 Å². The molecule has 1 aromatic carbocycles. The number of benzene rings is 1. The van der Waals surface area contributed by atoms with Gasteiger partial charge >= 0.3 is 5.97 Å². The minimum Gasteiger partial charge on any atom is -0.460 e. The molecule has 0 aliphatic carbocycles. The van der Waals surface area contributed by atoms with Crippen LogP contribution in [0.3, 0.4) is 0 Å². The van der Waals surface area contributed by atoms with Crippen molar-refractivity contribution in [1.29, 1.82) is 0 Å². The molecule has 0 aliphatic heterocycles. The molecule has 0 unspecified atom stereocenters. The van der Waals surface area contributed by atoms with Crippen LogP contribution in [-0.4, -0.2) is 17.4 Å². The zero-order valence-electron chi connectivity index (χ0n) is 11.1. The van der Waals surface area contributed by atoms with E-state index in [4.69, 9.17) is 27.9 Å². The summed E-state index contributed by atoms with van der Waals surface area (Å²) in [4.78, 5) is 23.5. The molecule has 0 fully saturated rings. The summed E-state index contributed by atoms with van der Waals surface area (Å²) in [6, 6.07) is 4.84. The maximum atomic E-state index is 12.0. The molecule has 0 heterocycles. The highest BCUT2D eigenvalue weighted by Crippen LogP contribution is 2.26. The molecule has 0 radical (unpaired) electrons. The van der Waals surface area contributed by atoms with Gasteiger partial charge in [0.25, 0.3) is 0 Å². The molecule has 0 aliphatic rings. The first-order chi connectivity index (χ1) is 8.70. The van der Waals surface area contributed by atoms with E-state index >= 15 is 0 Å². The standard InChI is InChI=1S/C14H16Cl2O3/c1-14(2,3)19-12(18)8-7-11(17)13-9(15)5-4-6-10(13)16/h4-6H,7-8H2,1-3H3. The molecule has 3 nitrogen and oxygen atoms in total. The average Bonchev–Trinajstić information content (AvgIpc) is 2.23. The van der Waals surface area contributed by atoms with Crippen molar-refractivity contribution in [1.82, 2.24) is 0 Å². The highest BCUT2D eigenvalue weighted by molar-refractivity contribution is 6.39. The second-order valence-electron chi connectivity index (χ2n) is 5.11. The van der Waals surface area contributed by atoms with Crippen LogP contribution >= 0.6 is 23.2 Å². The van der Waals surface area contributed by atoms with Crippen LogP contribution in [0.5, 0.6) is 0 Å². The van der Waals surface area contributed by atoms with Crippen molar-refractivity contribution in [3.05, 3.63) is 33.8 Å². The number of halogens is 2.